The fraction of sp³-hybridized carbons (Fsp3) is 0.571. The van der Waals surface area contributed by atoms with E-state index in [1.165, 1.54) is 76.2 Å². The van der Waals surface area contributed by atoms with Crippen molar-refractivity contribution in [2.45, 2.75) is 155 Å². The lowest BCUT2D eigenvalue weighted by atomic mass is 9.85. The van der Waals surface area contributed by atoms with Gasteiger partial charge < -0.3 is 25.6 Å². The summed E-state index contributed by atoms with van der Waals surface area (Å²) in [4.78, 5) is 43.5. The maximum absolute atomic E-state index is 14.5. The van der Waals surface area contributed by atoms with Gasteiger partial charge in [0, 0.05) is 18.9 Å². The number of carbonyl (C=O) groups is 3. The molecule has 57 heavy (non-hydrogen) atoms. The van der Waals surface area contributed by atoms with Gasteiger partial charge in [-0.15, -0.1) is 0 Å². The molecule has 0 radical (unpaired) electrons. The maximum atomic E-state index is 14.5. The van der Waals surface area contributed by atoms with E-state index in [2.05, 4.69) is 59.3 Å². The third-order valence-electron chi connectivity index (χ3n) is 11.5. The Kier molecular flexibility index (Phi) is 19.1. The van der Waals surface area contributed by atoms with Gasteiger partial charge in [0.2, 0.25) is 17.7 Å². The lowest BCUT2D eigenvalue weighted by Gasteiger charge is -2.36. The SMILES string of the molecule is CCCCCCCCCCCCCCc1cccc(O[C@H]2C[C@@H](C(=O)NCC(c3ccccc3)c3ccccc3)N(C(=O)[C@@H](NC(=O)[C@H](C)NC)C(C)(C)C)C2)c1. The summed E-state index contributed by atoms with van der Waals surface area (Å²) in [5.41, 5.74) is 2.83. The zero-order chi connectivity index (χ0) is 41.0. The second kappa shape index (κ2) is 23.9. The van der Waals surface area contributed by atoms with Gasteiger partial charge in [-0.05, 0) is 61.1 Å². The number of carbonyl (C=O) groups excluding carboxylic acids is 3. The van der Waals surface area contributed by atoms with Crippen LogP contribution >= 0.6 is 0 Å². The van der Waals surface area contributed by atoms with E-state index in [0.717, 1.165) is 29.7 Å². The molecule has 3 aromatic carbocycles. The van der Waals surface area contributed by atoms with Crippen molar-refractivity contribution in [1.82, 2.24) is 20.9 Å². The van der Waals surface area contributed by atoms with E-state index in [1.54, 1.807) is 18.9 Å². The fourth-order valence-electron chi connectivity index (χ4n) is 7.84. The molecule has 312 valence electrons. The zero-order valence-electron chi connectivity index (χ0n) is 35.9. The number of nitrogens with one attached hydrogen (secondary N) is 3. The number of ether oxygens (including phenoxy) is 1. The van der Waals surface area contributed by atoms with E-state index < -0.39 is 29.6 Å². The van der Waals surface area contributed by atoms with Crippen LogP contribution in [0, 0.1) is 5.41 Å². The highest BCUT2D eigenvalue weighted by Gasteiger charge is 2.46. The molecule has 3 amide bonds. The van der Waals surface area contributed by atoms with Crippen LogP contribution in [0.3, 0.4) is 0 Å². The van der Waals surface area contributed by atoms with E-state index in [-0.39, 0.29) is 30.2 Å². The Labute approximate surface area is 344 Å². The summed E-state index contributed by atoms with van der Waals surface area (Å²) < 4.78 is 6.59. The smallest absolute Gasteiger partial charge is 0.246 e. The molecule has 8 nitrogen and oxygen atoms in total. The number of likely N-dealkylation sites (N-methyl/N-ethyl adjacent to an activating group) is 1. The molecule has 0 bridgehead atoms. The molecule has 0 spiro atoms. The normalized spacial score (nSPS) is 16.6. The quantitative estimate of drug-likeness (QED) is 0.0788. The van der Waals surface area contributed by atoms with Crippen molar-refractivity contribution >= 4 is 17.7 Å². The van der Waals surface area contributed by atoms with E-state index >= 15 is 0 Å². The number of hydrogen-bond acceptors (Lipinski definition) is 5. The highest BCUT2D eigenvalue weighted by atomic mass is 16.5. The highest BCUT2D eigenvalue weighted by Crippen LogP contribution is 2.30. The summed E-state index contributed by atoms with van der Waals surface area (Å²) in [6.45, 7) is 10.5. The largest absolute Gasteiger partial charge is 0.488 e. The van der Waals surface area contributed by atoms with Crippen molar-refractivity contribution in [3.63, 3.8) is 0 Å². The standard InChI is InChI=1S/C49H72N4O4/c1-7-8-9-10-11-12-13-14-15-16-17-20-26-38-27-25-32-41(33-38)57-42-34-44(53(36-42)48(56)45(49(3,4)5)52-46(54)37(2)50-6)47(55)51-35-43(39-28-21-18-22-29-39)40-30-23-19-24-31-40/h18-19,21-25,27-33,37,42-45,50H,7-17,20,26,34-36H2,1-6H3,(H,51,55)(H,52,54)/t37-,42-,44-,45+/m0/s1. The molecule has 1 aliphatic heterocycles. The molecular formula is C49H72N4O4. The minimum absolute atomic E-state index is 0.0635. The van der Waals surface area contributed by atoms with E-state index in [9.17, 15) is 14.4 Å². The monoisotopic (exact) mass is 781 g/mol. The highest BCUT2D eigenvalue weighted by molar-refractivity contribution is 5.94. The van der Waals surface area contributed by atoms with Crippen LogP contribution in [-0.4, -0.2) is 67.0 Å². The summed E-state index contributed by atoms with van der Waals surface area (Å²) >= 11 is 0. The number of aryl methyl sites for hydroxylation is 1. The molecule has 1 aliphatic rings. The van der Waals surface area contributed by atoms with Gasteiger partial charge in [0.15, 0.2) is 0 Å². The van der Waals surface area contributed by atoms with Crippen LogP contribution in [0.2, 0.25) is 0 Å². The second-order valence-electron chi connectivity index (χ2n) is 17.2. The van der Waals surface area contributed by atoms with Crippen molar-refractivity contribution in [3.05, 3.63) is 102 Å². The van der Waals surface area contributed by atoms with Gasteiger partial charge in [-0.1, -0.05) is 171 Å². The van der Waals surface area contributed by atoms with Gasteiger partial charge >= 0.3 is 0 Å². The molecule has 1 heterocycles. The minimum Gasteiger partial charge on any atom is -0.488 e. The number of likely N-dealkylation sites (tertiary alicyclic amines) is 1. The Balaban J connectivity index is 1.42. The molecule has 3 aromatic rings. The van der Waals surface area contributed by atoms with E-state index in [0.29, 0.717) is 13.0 Å². The first-order chi connectivity index (χ1) is 27.5. The lowest BCUT2D eigenvalue weighted by molar-refractivity contribution is -0.144. The molecule has 8 heteroatoms. The first-order valence-electron chi connectivity index (χ1n) is 21.9. The Morgan fingerprint density at radius 2 is 1.33 bits per heavy atom. The van der Waals surface area contributed by atoms with Gasteiger partial charge in [0.25, 0.3) is 0 Å². The molecule has 0 aromatic heterocycles. The lowest BCUT2D eigenvalue weighted by Crippen LogP contribution is -2.59. The number of amides is 3. The number of hydrogen-bond donors (Lipinski definition) is 3. The average Bonchev–Trinajstić information content (AvgIpc) is 3.64. The van der Waals surface area contributed by atoms with Gasteiger partial charge in [-0.25, -0.2) is 0 Å². The molecule has 4 atom stereocenters. The van der Waals surface area contributed by atoms with Crippen molar-refractivity contribution in [3.8, 4) is 5.75 Å². The van der Waals surface area contributed by atoms with Crippen LogP contribution in [0.15, 0.2) is 84.9 Å². The van der Waals surface area contributed by atoms with Crippen LogP contribution in [0.5, 0.6) is 5.75 Å². The minimum atomic E-state index is -0.838. The Morgan fingerprint density at radius 1 is 0.772 bits per heavy atom. The van der Waals surface area contributed by atoms with Crippen molar-refractivity contribution in [2.75, 3.05) is 20.1 Å². The van der Waals surface area contributed by atoms with Crippen molar-refractivity contribution < 1.29 is 19.1 Å². The summed E-state index contributed by atoms with van der Waals surface area (Å²) in [6, 6.07) is 26.5. The molecular weight excluding hydrogens is 709 g/mol. The van der Waals surface area contributed by atoms with E-state index in [4.69, 9.17) is 4.74 Å². The van der Waals surface area contributed by atoms with Gasteiger partial charge in [-0.2, -0.15) is 0 Å². The van der Waals surface area contributed by atoms with Gasteiger partial charge in [0.05, 0.1) is 12.6 Å². The van der Waals surface area contributed by atoms with Crippen LogP contribution in [0.25, 0.3) is 0 Å². The summed E-state index contributed by atoms with van der Waals surface area (Å²) in [5.74, 6) is -0.0891. The number of rotatable bonds is 24. The third kappa shape index (κ3) is 14.9. The predicted molar refractivity (Wildman–Crippen MR) is 233 cm³/mol. The third-order valence-corrected chi connectivity index (χ3v) is 11.5. The first-order valence-corrected chi connectivity index (χ1v) is 21.9. The second-order valence-corrected chi connectivity index (χ2v) is 17.2. The Hall–Kier alpha value is -4.17. The molecule has 0 aliphatic carbocycles. The average molecular weight is 781 g/mol. The Bertz CT molecular complexity index is 1590. The molecule has 3 N–H and O–H groups in total. The summed E-state index contributed by atoms with van der Waals surface area (Å²) in [5, 5.41) is 9.17. The summed E-state index contributed by atoms with van der Waals surface area (Å²) in [7, 11) is 1.72. The molecule has 1 fully saturated rings. The van der Waals surface area contributed by atoms with E-state index in [1.807, 2.05) is 69.3 Å². The van der Waals surface area contributed by atoms with Crippen LogP contribution in [-0.2, 0) is 20.8 Å². The van der Waals surface area contributed by atoms with Gasteiger partial charge in [-0.3, -0.25) is 14.4 Å². The Morgan fingerprint density at radius 3 is 1.88 bits per heavy atom. The number of benzene rings is 3. The van der Waals surface area contributed by atoms with Crippen LogP contribution in [0.4, 0.5) is 0 Å². The molecule has 0 saturated carbocycles. The fourth-order valence-corrected chi connectivity index (χ4v) is 7.84. The van der Waals surface area contributed by atoms with Crippen LogP contribution in [0.1, 0.15) is 141 Å². The maximum Gasteiger partial charge on any atom is 0.246 e. The number of nitrogens with zero attached hydrogens (tertiary/aromatic N) is 1. The zero-order valence-corrected chi connectivity index (χ0v) is 35.9. The topological polar surface area (TPSA) is 99.8 Å². The van der Waals surface area contributed by atoms with Crippen LogP contribution < -0.4 is 20.7 Å². The van der Waals surface area contributed by atoms with Crippen molar-refractivity contribution in [1.29, 1.82) is 0 Å². The molecule has 1 saturated heterocycles. The predicted octanol–water partition coefficient (Wildman–Crippen LogP) is 9.37. The van der Waals surface area contributed by atoms with Gasteiger partial charge in [0.1, 0.15) is 23.9 Å². The summed E-state index contributed by atoms with van der Waals surface area (Å²) in [6.07, 6.45) is 16.9. The first kappa shape index (κ1) is 45.5. The molecule has 0 unspecified atom stereocenters. The molecule has 4 rings (SSSR count). The number of unbranched alkanes of at least 4 members (excludes halogenated alkanes) is 11. The van der Waals surface area contributed by atoms with Crippen molar-refractivity contribution in [2.24, 2.45) is 5.41 Å².